The number of hydrogen-bond acceptors (Lipinski definition) is 2. The molecule has 1 atom stereocenters. The van der Waals surface area contributed by atoms with E-state index < -0.39 is 6.10 Å². The number of carbonyl (C=O) groups is 1. The van der Waals surface area contributed by atoms with Crippen LogP contribution in [0.1, 0.15) is 25.0 Å². The van der Waals surface area contributed by atoms with Gasteiger partial charge in [-0.3, -0.25) is 4.79 Å². The van der Waals surface area contributed by atoms with Crippen LogP contribution < -0.4 is 10.1 Å². The van der Waals surface area contributed by atoms with Gasteiger partial charge in [-0.2, -0.15) is 0 Å². The fraction of sp³-hybridized carbons (Fsp3) is 0.278. The first-order valence-electron chi connectivity index (χ1n) is 7.33. The van der Waals surface area contributed by atoms with Gasteiger partial charge >= 0.3 is 0 Å². The van der Waals surface area contributed by atoms with Crippen LogP contribution in [0.15, 0.2) is 42.5 Å². The highest BCUT2D eigenvalue weighted by atomic mass is 35.5. The van der Waals surface area contributed by atoms with Crippen LogP contribution in [0, 0.1) is 6.92 Å². The molecule has 0 aliphatic rings. The van der Waals surface area contributed by atoms with Crippen molar-refractivity contribution >= 4 is 23.2 Å². The number of nitrogens with one attached hydrogen (secondary N) is 1. The van der Waals surface area contributed by atoms with E-state index in [2.05, 4.69) is 12.2 Å². The van der Waals surface area contributed by atoms with Crippen molar-refractivity contribution in [3.8, 4) is 5.75 Å². The Bertz CT molecular complexity index is 670. The lowest BCUT2D eigenvalue weighted by Crippen LogP contribution is -2.30. The van der Waals surface area contributed by atoms with Gasteiger partial charge in [0.25, 0.3) is 5.91 Å². The molecule has 0 radical (unpaired) electrons. The molecular formula is C18H20ClNO2. The quantitative estimate of drug-likeness (QED) is 0.874. The molecule has 0 aromatic heterocycles. The molecule has 2 aromatic carbocycles. The molecule has 0 aliphatic carbocycles. The predicted octanol–water partition coefficient (Wildman–Crippen LogP) is 4.62. The maximum Gasteiger partial charge on any atom is 0.265 e. The minimum atomic E-state index is -0.581. The average Bonchev–Trinajstić information content (AvgIpc) is 2.50. The lowest BCUT2D eigenvalue weighted by molar-refractivity contribution is -0.122. The summed E-state index contributed by atoms with van der Waals surface area (Å²) in [6.07, 6.45) is 0.281. The van der Waals surface area contributed by atoms with Crippen LogP contribution in [-0.2, 0) is 11.2 Å². The van der Waals surface area contributed by atoms with Gasteiger partial charge in [-0.15, -0.1) is 0 Å². The van der Waals surface area contributed by atoms with Gasteiger partial charge in [0.05, 0.1) is 0 Å². The van der Waals surface area contributed by atoms with Gasteiger partial charge in [-0.25, -0.2) is 0 Å². The van der Waals surface area contributed by atoms with Crippen LogP contribution in [0.3, 0.4) is 0 Å². The van der Waals surface area contributed by atoms with Crippen LogP contribution in [-0.4, -0.2) is 12.0 Å². The molecule has 116 valence electrons. The molecule has 22 heavy (non-hydrogen) atoms. The van der Waals surface area contributed by atoms with E-state index in [9.17, 15) is 4.79 Å². The second-order valence-electron chi connectivity index (χ2n) is 5.17. The van der Waals surface area contributed by atoms with Crippen LogP contribution in [0.25, 0.3) is 0 Å². The average molecular weight is 318 g/mol. The smallest absolute Gasteiger partial charge is 0.265 e. The molecule has 0 unspecified atom stereocenters. The number of ether oxygens (including phenoxy) is 1. The molecule has 0 aliphatic heterocycles. The predicted molar refractivity (Wildman–Crippen MR) is 90.7 cm³/mol. The summed E-state index contributed by atoms with van der Waals surface area (Å²) < 4.78 is 5.80. The number of para-hydroxylation sites is 1. The van der Waals surface area contributed by atoms with Crippen molar-refractivity contribution < 1.29 is 9.53 Å². The van der Waals surface area contributed by atoms with Crippen molar-refractivity contribution in [1.82, 2.24) is 0 Å². The maximum absolute atomic E-state index is 12.3. The Morgan fingerprint density at radius 2 is 2.00 bits per heavy atom. The number of halogens is 1. The number of hydrogen-bond donors (Lipinski definition) is 1. The summed E-state index contributed by atoms with van der Waals surface area (Å²) in [6, 6.07) is 13.1. The molecule has 0 fully saturated rings. The van der Waals surface area contributed by atoms with E-state index in [1.807, 2.05) is 37.3 Å². The maximum atomic E-state index is 12.3. The molecule has 1 N–H and O–H groups in total. The Balaban J connectivity index is 2.06. The standard InChI is InChI=1S/C18H20ClNO2/c1-4-14-7-5-6-8-17(14)22-13(3)18(21)20-16-10-9-15(19)11-12(16)2/h5-11,13H,4H2,1-3H3,(H,20,21)/t13-/m0/s1. The number of benzene rings is 2. The van der Waals surface area contributed by atoms with Crippen molar-refractivity contribution in [1.29, 1.82) is 0 Å². The largest absolute Gasteiger partial charge is 0.481 e. The Morgan fingerprint density at radius 3 is 2.68 bits per heavy atom. The third-order valence-corrected chi connectivity index (χ3v) is 3.71. The third kappa shape index (κ3) is 4.01. The molecule has 0 saturated heterocycles. The van der Waals surface area contributed by atoms with Gasteiger partial charge < -0.3 is 10.1 Å². The molecule has 3 nitrogen and oxygen atoms in total. The van der Waals surface area contributed by atoms with Crippen molar-refractivity contribution in [2.75, 3.05) is 5.32 Å². The number of rotatable bonds is 5. The third-order valence-electron chi connectivity index (χ3n) is 3.47. The molecule has 2 aromatic rings. The lowest BCUT2D eigenvalue weighted by Gasteiger charge is -2.17. The van der Waals surface area contributed by atoms with Crippen molar-refractivity contribution in [2.45, 2.75) is 33.3 Å². The molecular weight excluding hydrogens is 298 g/mol. The van der Waals surface area contributed by atoms with E-state index in [1.165, 1.54) is 0 Å². The van der Waals surface area contributed by atoms with Gasteiger partial charge in [-0.1, -0.05) is 36.7 Å². The number of aryl methyl sites for hydroxylation is 2. The van der Waals surface area contributed by atoms with Crippen molar-refractivity contribution in [2.24, 2.45) is 0 Å². The second kappa shape index (κ2) is 7.32. The Hall–Kier alpha value is -2.00. The van der Waals surface area contributed by atoms with Gasteiger partial charge in [-0.05, 0) is 55.7 Å². The van der Waals surface area contributed by atoms with Crippen LogP contribution >= 0.6 is 11.6 Å². The fourth-order valence-electron chi connectivity index (χ4n) is 2.16. The van der Waals surface area contributed by atoms with Gasteiger partial charge in [0.1, 0.15) is 5.75 Å². The zero-order valence-corrected chi connectivity index (χ0v) is 13.8. The van der Waals surface area contributed by atoms with E-state index in [0.717, 1.165) is 29.0 Å². The highest BCUT2D eigenvalue weighted by molar-refractivity contribution is 6.30. The molecule has 0 heterocycles. The highest BCUT2D eigenvalue weighted by Gasteiger charge is 2.16. The van der Waals surface area contributed by atoms with Crippen LogP contribution in [0.5, 0.6) is 5.75 Å². The zero-order chi connectivity index (χ0) is 16.1. The normalized spacial score (nSPS) is 11.8. The second-order valence-corrected chi connectivity index (χ2v) is 5.61. The molecule has 4 heteroatoms. The fourth-order valence-corrected chi connectivity index (χ4v) is 2.38. The molecule has 2 rings (SSSR count). The van der Waals surface area contributed by atoms with E-state index >= 15 is 0 Å². The minimum Gasteiger partial charge on any atom is -0.481 e. The van der Waals surface area contributed by atoms with Crippen molar-refractivity contribution in [3.63, 3.8) is 0 Å². The van der Waals surface area contributed by atoms with Gasteiger partial charge in [0.15, 0.2) is 6.10 Å². The molecule has 0 bridgehead atoms. The Kier molecular flexibility index (Phi) is 5.45. The Labute approximate surface area is 136 Å². The number of anilines is 1. The SMILES string of the molecule is CCc1ccccc1O[C@@H](C)C(=O)Nc1ccc(Cl)cc1C. The van der Waals surface area contributed by atoms with E-state index in [0.29, 0.717) is 5.02 Å². The van der Waals surface area contributed by atoms with Crippen LogP contribution in [0.4, 0.5) is 5.69 Å². The first-order valence-corrected chi connectivity index (χ1v) is 7.70. The summed E-state index contributed by atoms with van der Waals surface area (Å²) in [5.74, 6) is 0.566. The van der Waals surface area contributed by atoms with Gasteiger partial charge in [0, 0.05) is 10.7 Å². The first kappa shape index (κ1) is 16.4. The lowest BCUT2D eigenvalue weighted by atomic mass is 10.1. The van der Waals surface area contributed by atoms with Gasteiger partial charge in [0.2, 0.25) is 0 Å². The summed E-state index contributed by atoms with van der Waals surface area (Å²) in [7, 11) is 0. The topological polar surface area (TPSA) is 38.3 Å². The molecule has 0 spiro atoms. The summed E-state index contributed by atoms with van der Waals surface area (Å²) >= 11 is 5.92. The summed E-state index contributed by atoms with van der Waals surface area (Å²) in [4.78, 5) is 12.3. The van der Waals surface area contributed by atoms with E-state index in [-0.39, 0.29) is 5.91 Å². The number of carbonyl (C=O) groups excluding carboxylic acids is 1. The number of amides is 1. The van der Waals surface area contributed by atoms with E-state index in [1.54, 1.807) is 19.1 Å². The monoisotopic (exact) mass is 317 g/mol. The van der Waals surface area contributed by atoms with Crippen molar-refractivity contribution in [3.05, 3.63) is 58.6 Å². The van der Waals surface area contributed by atoms with E-state index in [4.69, 9.17) is 16.3 Å². The summed E-state index contributed by atoms with van der Waals surface area (Å²) in [5, 5.41) is 3.52. The minimum absolute atomic E-state index is 0.184. The summed E-state index contributed by atoms with van der Waals surface area (Å²) in [5.41, 5.74) is 2.75. The molecule has 0 saturated carbocycles. The molecule has 1 amide bonds. The summed E-state index contributed by atoms with van der Waals surface area (Å²) in [6.45, 7) is 5.70. The first-order chi connectivity index (χ1) is 10.5. The zero-order valence-electron chi connectivity index (χ0n) is 13.0. The highest BCUT2D eigenvalue weighted by Crippen LogP contribution is 2.22. The Morgan fingerprint density at radius 1 is 1.27 bits per heavy atom. The van der Waals surface area contributed by atoms with Crippen LogP contribution in [0.2, 0.25) is 5.02 Å².